The normalized spacial score (nSPS) is 17.8. The summed E-state index contributed by atoms with van der Waals surface area (Å²) in [6, 6.07) is 3.61. The fourth-order valence-electron chi connectivity index (χ4n) is 3.04. The molecule has 0 radical (unpaired) electrons. The lowest BCUT2D eigenvalue weighted by Crippen LogP contribution is -2.39. The summed E-state index contributed by atoms with van der Waals surface area (Å²) >= 11 is 0. The van der Waals surface area contributed by atoms with Crippen LogP contribution in [0.25, 0.3) is 6.08 Å². The third-order valence-corrected chi connectivity index (χ3v) is 4.47. The Labute approximate surface area is 145 Å². The van der Waals surface area contributed by atoms with Gasteiger partial charge in [0.1, 0.15) is 5.76 Å². The van der Waals surface area contributed by atoms with E-state index in [0.717, 1.165) is 36.7 Å². The number of rotatable bonds is 3. The molecule has 1 fully saturated rings. The highest BCUT2D eigenvalue weighted by Gasteiger charge is 2.23. The molecule has 0 bridgehead atoms. The molecule has 0 N–H and O–H groups in total. The van der Waals surface area contributed by atoms with Gasteiger partial charge in [0, 0.05) is 31.9 Å². The maximum Gasteiger partial charge on any atom is 0.247 e. The standard InChI is InChI=1S/C18H20N4O3/c23-17(4-3-15-2-1-9-25-15)22-6-5-14-12-19-18(20-16(14)13-22)21-7-10-24-11-8-21/h1-4,9,12H,5-8,10-11,13H2/b4-3+. The Morgan fingerprint density at radius 1 is 1.24 bits per heavy atom. The van der Waals surface area contributed by atoms with E-state index in [1.165, 1.54) is 0 Å². The van der Waals surface area contributed by atoms with E-state index in [1.807, 2.05) is 12.3 Å². The van der Waals surface area contributed by atoms with Gasteiger partial charge < -0.3 is 19.0 Å². The monoisotopic (exact) mass is 340 g/mol. The Morgan fingerprint density at radius 3 is 2.92 bits per heavy atom. The van der Waals surface area contributed by atoms with Crippen molar-refractivity contribution in [1.29, 1.82) is 0 Å². The van der Waals surface area contributed by atoms with Crippen LogP contribution in [-0.4, -0.2) is 53.6 Å². The average molecular weight is 340 g/mol. The van der Waals surface area contributed by atoms with Crippen LogP contribution in [0.15, 0.2) is 35.1 Å². The molecule has 0 saturated carbocycles. The zero-order valence-electron chi connectivity index (χ0n) is 13.9. The zero-order valence-corrected chi connectivity index (χ0v) is 13.9. The highest BCUT2D eigenvalue weighted by Crippen LogP contribution is 2.20. The Kier molecular flexibility index (Phi) is 4.47. The summed E-state index contributed by atoms with van der Waals surface area (Å²) < 4.78 is 10.6. The number of hydrogen-bond donors (Lipinski definition) is 0. The van der Waals surface area contributed by atoms with Crippen molar-refractivity contribution >= 4 is 17.9 Å². The molecule has 4 heterocycles. The van der Waals surface area contributed by atoms with Gasteiger partial charge in [0.05, 0.1) is 31.7 Å². The topological polar surface area (TPSA) is 71.7 Å². The van der Waals surface area contributed by atoms with Crippen molar-refractivity contribution in [2.45, 2.75) is 13.0 Å². The Morgan fingerprint density at radius 2 is 2.12 bits per heavy atom. The second kappa shape index (κ2) is 7.06. The number of ether oxygens (including phenoxy) is 1. The maximum atomic E-state index is 12.4. The van der Waals surface area contributed by atoms with Crippen LogP contribution in [-0.2, 0) is 22.5 Å². The van der Waals surface area contributed by atoms with Crippen molar-refractivity contribution in [2.24, 2.45) is 0 Å². The molecule has 2 aliphatic heterocycles. The van der Waals surface area contributed by atoms with Gasteiger partial charge in [0.2, 0.25) is 11.9 Å². The van der Waals surface area contributed by atoms with Crippen molar-refractivity contribution < 1.29 is 13.9 Å². The van der Waals surface area contributed by atoms with Gasteiger partial charge in [-0.25, -0.2) is 9.97 Å². The third-order valence-electron chi connectivity index (χ3n) is 4.47. The van der Waals surface area contributed by atoms with Crippen LogP contribution >= 0.6 is 0 Å². The quantitative estimate of drug-likeness (QED) is 0.789. The SMILES string of the molecule is O=C(/C=C/c1ccco1)N1CCc2cnc(N3CCOCC3)nc2C1. The molecule has 7 nitrogen and oxygen atoms in total. The van der Waals surface area contributed by atoms with Crippen molar-refractivity contribution in [3.63, 3.8) is 0 Å². The molecule has 0 atom stereocenters. The largest absolute Gasteiger partial charge is 0.465 e. The lowest BCUT2D eigenvalue weighted by atomic mass is 10.1. The van der Waals surface area contributed by atoms with Crippen LogP contribution in [0.5, 0.6) is 0 Å². The lowest BCUT2D eigenvalue weighted by Gasteiger charge is -2.30. The number of carbonyl (C=O) groups excluding carboxylic acids is 1. The van der Waals surface area contributed by atoms with Crippen LogP contribution in [0.4, 0.5) is 5.95 Å². The molecule has 0 unspecified atom stereocenters. The van der Waals surface area contributed by atoms with E-state index in [1.54, 1.807) is 29.4 Å². The molecule has 2 aromatic rings. The summed E-state index contributed by atoms with van der Waals surface area (Å²) in [7, 11) is 0. The Bertz CT molecular complexity index is 767. The van der Waals surface area contributed by atoms with Crippen LogP contribution in [0.1, 0.15) is 17.0 Å². The van der Waals surface area contributed by atoms with E-state index in [-0.39, 0.29) is 5.91 Å². The number of fused-ring (bicyclic) bond motifs is 1. The van der Waals surface area contributed by atoms with Crippen molar-refractivity contribution in [3.8, 4) is 0 Å². The minimum absolute atomic E-state index is 0.0337. The second-order valence-electron chi connectivity index (χ2n) is 6.10. The van der Waals surface area contributed by atoms with E-state index in [0.29, 0.717) is 32.1 Å². The first-order valence-corrected chi connectivity index (χ1v) is 8.47. The predicted octanol–water partition coefficient (Wildman–Crippen LogP) is 1.50. The molecular formula is C18H20N4O3. The summed E-state index contributed by atoms with van der Waals surface area (Å²) in [5.74, 6) is 1.36. The molecular weight excluding hydrogens is 320 g/mol. The number of morpholine rings is 1. The number of amides is 1. The third kappa shape index (κ3) is 3.56. The summed E-state index contributed by atoms with van der Waals surface area (Å²) in [4.78, 5) is 25.5. The van der Waals surface area contributed by atoms with E-state index in [9.17, 15) is 4.79 Å². The molecule has 1 saturated heterocycles. The van der Waals surface area contributed by atoms with Crippen LogP contribution in [0, 0.1) is 0 Å². The molecule has 2 aromatic heterocycles. The number of nitrogens with zero attached hydrogens (tertiary/aromatic N) is 4. The molecule has 0 spiro atoms. The van der Waals surface area contributed by atoms with Crippen LogP contribution in [0.3, 0.4) is 0 Å². The van der Waals surface area contributed by atoms with Gasteiger partial charge in [-0.2, -0.15) is 0 Å². The number of aromatic nitrogens is 2. The van der Waals surface area contributed by atoms with Gasteiger partial charge in [-0.05, 0) is 30.2 Å². The first kappa shape index (κ1) is 15.8. The number of anilines is 1. The van der Waals surface area contributed by atoms with Gasteiger partial charge in [0.25, 0.3) is 0 Å². The number of hydrogen-bond acceptors (Lipinski definition) is 6. The molecule has 2 aliphatic rings. The predicted molar refractivity (Wildman–Crippen MR) is 91.9 cm³/mol. The number of furan rings is 1. The van der Waals surface area contributed by atoms with Gasteiger partial charge in [-0.3, -0.25) is 4.79 Å². The summed E-state index contributed by atoms with van der Waals surface area (Å²) in [6.07, 6.45) is 7.50. The molecule has 7 heteroatoms. The smallest absolute Gasteiger partial charge is 0.247 e. The first-order chi connectivity index (χ1) is 12.3. The molecule has 25 heavy (non-hydrogen) atoms. The van der Waals surface area contributed by atoms with Crippen molar-refractivity contribution in [2.75, 3.05) is 37.7 Å². The van der Waals surface area contributed by atoms with E-state index < -0.39 is 0 Å². The molecule has 4 rings (SSSR count). The van der Waals surface area contributed by atoms with Crippen molar-refractivity contribution in [1.82, 2.24) is 14.9 Å². The Hall–Kier alpha value is -2.67. The minimum atomic E-state index is -0.0337. The molecule has 1 amide bonds. The zero-order chi connectivity index (χ0) is 17.1. The minimum Gasteiger partial charge on any atom is -0.465 e. The fraction of sp³-hybridized carbons (Fsp3) is 0.389. The van der Waals surface area contributed by atoms with Gasteiger partial charge in [-0.1, -0.05) is 0 Å². The van der Waals surface area contributed by atoms with Gasteiger partial charge >= 0.3 is 0 Å². The summed E-state index contributed by atoms with van der Waals surface area (Å²) in [5, 5.41) is 0. The summed E-state index contributed by atoms with van der Waals surface area (Å²) in [6.45, 7) is 4.18. The lowest BCUT2D eigenvalue weighted by molar-refractivity contribution is -0.126. The van der Waals surface area contributed by atoms with E-state index >= 15 is 0 Å². The Balaban J connectivity index is 1.46. The molecule has 130 valence electrons. The van der Waals surface area contributed by atoms with Crippen LogP contribution in [0.2, 0.25) is 0 Å². The van der Waals surface area contributed by atoms with Crippen LogP contribution < -0.4 is 4.90 Å². The van der Waals surface area contributed by atoms with Crippen molar-refractivity contribution in [3.05, 3.63) is 47.7 Å². The van der Waals surface area contributed by atoms with Gasteiger partial charge in [-0.15, -0.1) is 0 Å². The highest BCUT2D eigenvalue weighted by atomic mass is 16.5. The first-order valence-electron chi connectivity index (χ1n) is 8.47. The highest BCUT2D eigenvalue weighted by molar-refractivity contribution is 5.91. The second-order valence-corrected chi connectivity index (χ2v) is 6.10. The fourth-order valence-corrected chi connectivity index (χ4v) is 3.04. The van der Waals surface area contributed by atoms with E-state index in [4.69, 9.17) is 14.1 Å². The van der Waals surface area contributed by atoms with E-state index in [2.05, 4.69) is 9.88 Å². The van der Waals surface area contributed by atoms with Gasteiger partial charge in [0.15, 0.2) is 0 Å². The molecule has 0 aliphatic carbocycles. The summed E-state index contributed by atoms with van der Waals surface area (Å²) in [5.41, 5.74) is 2.05. The molecule has 0 aromatic carbocycles. The average Bonchev–Trinajstić information content (AvgIpc) is 3.19. The maximum absolute atomic E-state index is 12.4. The number of carbonyl (C=O) groups is 1.